The monoisotopic (exact) mass is 333 g/mol. The van der Waals surface area contributed by atoms with Crippen LogP contribution in [0.4, 0.5) is 0 Å². The zero-order valence-electron chi connectivity index (χ0n) is 12.5. The molecule has 0 unspecified atom stereocenters. The minimum absolute atomic E-state index is 0.297. The molecule has 1 aliphatic rings. The first kappa shape index (κ1) is 16.8. The van der Waals surface area contributed by atoms with E-state index in [1.807, 2.05) is 0 Å². The highest BCUT2D eigenvalue weighted by Crippen LogP contribution is 2.26. The molecule has 2 heterocycles. The Bertz CT molecular complexity index is 536. The minimum atomic E-state index is -3.39. The van der Waals surface area contributed by atoms with Crippen molar-refractivity contribution in [1.82, 2.24) is 14.1 Å². The molecule has 7 heteroatoms. The minimum Gasteiger partial charge on any atom is -0.271 e. The van der Waals surface area contributed by atoms with E-state index < -0.39 is 10.0 Å². The summed E-state index contributed by atoms with van der Waals surface area (Å²) in [4.78, 5) is 0.297. The summed E-state index contributed by atoms with van der Waals surface area (Å²) < 4.78 is 28.4. The maximum atomic E-state index is 12.6. The summed E-state index contributed by atoms with van der Waals surface area (Å²) in [6.45, 7) is 4.08. The lowest BCUT2D eigenvalue weighted by atomic mass is 9.94. The molecular formula is C14H24ClN3O2S. The Morgan fingerprint density at radius 2 is 2.10 bits per heavy atom. The second kappa shape index (κ2) is 7.61. The molecule has 1 aromatic rings. The van der Waals surface area contributed by atoms with Gasteiger partial charge >= 0.3 is 0 Å². The number of hydrogen-bond donors (Lipinski definition) is 0. The van der Waals surface area contributed by atoms with Crippen LogP contribution in [0.2, 0.25) is 0 Å². The molecule has 0 aliphatic carbocycles. The van der Waals surface area contributed by atoms with Crippen molar-refractivity contribution in [3.8, 4) is 0 Å². The molecule has 0 amide bonds. The van der Waals surface area contributed by atoms with Gasteiger partial charge in [-0.05, 0) is 25.2 Å². The fourth-order valence-corrected chi connectivity index (χ4v) is 4.36. The van der Waals surface area contributed by atoms with E-state index in [0.717, 1.165) is 19.3 Å². The van der Waals surface area contributed by atoms with Gasteiger partial charge in [0, 0.05) is 31.7 Å². The number of piperidine rings is 1. The van der Waals surface area contributed by atoms with Gasteiger partial charge in [0.05, 0.1) is 6.20 Å². The average Bonchev–Trinajstić information content (AvgIpc) is 2.96. The van der Waals surface area contributed by atoms with Crippen molar-refractivity contribution >= 4 is 21.6 Å². The van der Waals surface area contributed by atoms with Gasteiger partial charge in [-0.2, -0.15) is 9.40 Å². The largest absolute Gasteiger partial charge is 0.271 e. The molecule has 0 bridgehead atoms. The second-order valence-electron chi connectivity index (χ2n) is 5.62. The van der Waals surface area contributed by atoms with E-state index in [0.29, 0.717) is 36.3 Å². The van der Waals surface area contributed by atoms with E-state index in [4.69, 9.17) is 11.6 Å². The summed E-state index contributed by atoms with van der Waals surface area (Å²) in [5, 5.41) is 4.11. The van der Waals surface area contributed by atoms with Gasteiger partial charge in [0.2, 0.25) is 10.0 Å². The number of alkyl halides is 1. The van der Waals surface area contributed by atoms with E-state index in [9.17, 15) is 8.42 Å². The molecule has 0 atom stereocenters. The van der Waals surface area contributed by atoms with Crippen LogP contribution in [0.25, 0.3) is 0 Å². The first-order valence-corrected chi connectivity index (χ1v) is 9.64. The summed E-state index contributed by atoms with van der Waals surface area (Å²) in [6.07, 6.45) is 8.14. The van der Waals surface area contributed by atoms with Gasteiger partial charge in [0.1, 0.15) is 4.90 Å². The molecule has 1 saturated heterocycles. The highest BCUT2D eigenvalue weighted by atomic mass is 35.5. The third-order valence-electron chi connectivity index (χ3n) is 4.04. The van der Waals surface area contributed by atoms with Crippen LogP contribution in [0.15, 0.2) is 17.3 Å². The number of aryl methyl sites for hydroxylation is 1. The van der Waals surface area contributed by atoms with Gasteiger partial charge in [-0.3, -0.25) is 4.68 Å². The zero-order valence-corrected chi connectivity index (χ0v) is 14.1. The predicted octanol–water partition coefficient (Wildman–Crippen LogP) is 2.71. The molecule has 1 aliphatic heterocycles. The highest BCUT2D eigenvalue weighted by Gasteiger charge is 2.29. The fraction of sp³-hybridized carbons (Fsp3) is 0.786. The van der Waals surface area contributed by atoms with Gasteiger partial charge in [0.25, 0.3) is 0 Å². The molecule has 120 valence electrons. The summed E-state index contributed by atoms with van der Waals surface area (Å²) in [5.74, 6) is 1.22. The molecule has 1 fully saturated rings. The van der Waals surface area contributed by atoms with Crippen molar-refractivity contribution in [2.24, 2.45) is 5.92 Å². The third-order valence-corrected chi connectivity index (χ3v) is 6.16. The van der Waals surface area contributed by atoms with Crippen LogP contribution in [0.1, 0.15) is 39.0 Å². The van der Waals surface area contributed by atoms with Crippen LogP contribution in [0.3, 0.4) is 0 Å². The Hall–Kier alpha value is -0.590. The average molecular weight is 334 g/mol. The van der Waals surface area contributed by atoms with Crippen LogP contribution >= 0.6 is 11.6 Å². The van der Waals surface area contributed by atoms with Crippen LogP contribution in [0, 0.1) is 5.92 Å². The van der Waals surface area contributed by atoms with Crippen molar-refractivity contribution in [3.63, 3.8) is 0 Å². The number of rotatable bonds is 7. The summed E-state index contributed by atoms with van der Waals surface area (Å²) in [7, 11) is -3.39. The highest BCUT2D eigenvalue weighted by molar-refractivity contribution is 7.89. The van der Waals surface area contributed by atoms with Crippen molar-refractivity contribution < 1.29 is 8.42 Å². The first-order chi connectivity index (χ1) is 10.1. The molecule has 2 rings (SSSR count). The van der Waals surface area contributed by atoms with E-state index in [-0.39, 0.29) is 0 Å². The smallest absolute Gasteiger partial charge is 0.246 e. The van der Waals surface area contributed by atoms with Crippen LogP contribution in [-0.2, 0) is 16.6 Å². The van der Waals surface area contributed by atoms with Crippen LogP contribution in [-0.4, -0.2) is 41.5 Å². The lowest BCUT2D eigenvalue weighted by molar-refractivity contribution is 0.262. The molecule has 0 radical (unpaired) electrons. The normalized spacial score (nSPS) is 18.2. The van der Waals surface area contributed by atoms with Gasteiger partial charge < -0.3 is 0 Å². The predicted molar refractivity (Wildman–Crippen MR) is 84.0 cm³/mol. The molecule has 21 heavy (non-hydrogen) atoms. The molecule has 0 aromatic carbocycles. The Morgan fingerprint density at radius 1 is 1.38 bits per heavy atom. The number of aromatic nitrogens is 2. The van der Waals surface area contributed by atoms with Crippen molar-refractivity contribution in [2.45, 2.75) is 50.5 Å². The maximum absolute atomic E-state index is 12.6. The van der Waals surface area contributed by atoms with Crippen LogP contribution < -0.4 is 0 Å². The Balaban J connectivity index is 2.00. The zero-order chi connectivity index (χ0) is 15.3. The van der Waals surface area contributed by atoms with Crippen molar-refractivity contribution in [2.75, 3.05) is 19.0 Å². The van der Waals surface area contributed by atoms with Crippen LogP contribution in [0.5, 0.6) is 0 Å². The number of nitrogens with zero attached hydrogens (tertiary/aromatic N) is 3. The molecular weight excluding hydrogens is 310 g/mol. The summed E-state index contributed by atoms with van der Waals surface area (Å²) in [6, 6.07) is 0. The topological polar surface area (TPSA) is 55.2 Å². The summed E-state index contributed by atoms with van der Waals surface area (Å²) in [5.41, 5.74) is 0. The lowest BCUT2D eigenvalue weighted by Gasteiger charge is -2.30. The molecule has 5 nitrogen and oxygen atoms in total. The standard InChI is InChI=1S/C14H24ClN3O2S/c1-2-4-13-5-9-18(10-6-13)21(19,20)14-11-16-17(12-14)8-3-7-15/h11-13H,2-10H2,1H3. The molecule has 0 saturated carbocycles. The summed E-state index contributed by atoms with van der Waals surface area (Å²) >= 11 is 5.64. The maximum Gasteiger partial charge on any atom is 0.246 e. The van der Waals surface area contributed by atoms with E-state index in [1.165, 1.54) is 19.0 Å². The SMILES string of the molecule is CCCC1CCN(S(=O)(=O)c2cnn(CCCCl)c2)CC1. The molecule has 0 N–H and O–H groups in total. The molecule has 0 spiro atoms. The van der Waals surface area contributed by atoms with Gasteiger partial charge in [-0.15, -0.1) is 11.6 Å². The molecule has 1 aromatic heterocycles. The van der Waals surface area contributed by atoms with Crippen molar-refractivity contribution in [3.05, 3.63) is 12.4 Å². The van der Waals surface area contributed by atoms with E-state index >= 15 is 0 Å². The van der Waals surface area contributed by atoms with E-state index in [2.05, 4.69) is 12.0 Å². The van der Waals surface area contributed by atoms with Gasteiger partial charge in [-0.1, -0.05) is 19.8 Å². The lowest BCUT2D eigenvalue weighted by Crippen LogP contribution is -2.38. The van der Waals surface area contributed by atoms with Gasteiger partial charge in [0.15, 0.2) is 0 Å². The quantitative estimate of drug-likeness (QED) is 0.721. The Labute approximate surface area is 132 Å². The number of halogens is 1. The third kappa shape index (κ3) is 4.20. The number of hydrogen-bond acceptors (Lipinski definition) is 3. The van der Waals surface area contributed by atoms with Crippen molar-refractivity contribution in [1.29, 1.82) is 0 Å². The first-order valence-electron chi connectivity index (χ1n) is 7.66. The number of sulfonamides is 1. The Morgan fingerprint density at radius 3 is 2.71 bits per heavy atom. The second-order valence-corrected chi connectivity index (χ2v) is 7.93. The van der Waals surface area contributed by atoms with Gasteiger partial charge in [-0.25, -0.2) is 8.42 Å². The van der Waals surface area contributed by atoms with E-state index in [1.54, 1.807) is 15.2 Å². The Kier molecular flexibility index (Phi) is 6.08. The fourth-order valence-electron chi connectivity index (χ4n) is 2.82.